The summed E-state index contributed by atoms with van der Waals surface area (Å²) in [5, 5.41) is 7.57. The second-order valence-electron chi connectivity index (χ2n) is 5.18. The van der Waals surface area contributed by atoms with E-state index < -0.39 is 0 Å². The molecule has 6 nitrogen and oxygen atoms in total. The van der Waals surface area contributed by atoms with E-state index >= 15 is 0 Å². The number of aromatic nitrogens is 2. The SMILES string of the molecule is O=C(CCn1ncc(=O)c2ccccc21)NCCc1ccco1. The van der Waals surface area contributed by atoms with E-state index in [0.29, 0.717) is 31.3 Å². The van der Waals surface area contributed by atoms with Crippen LogP contribution in [-0.2, 0) is 17.8 Å². The summed E-state index contributed by atoms with van der Waals surface area (Å²) in [4.78, 5) is 23.7. The largest absolute Gasteiger partial charge is 0.469 e. The number of carbonyl (C=O) groups excluding carboxylic acids is 1. The molecular weight excluding hydrogens is 294 g/mol. The maximum atomic E-state index is 11.9. The Kier molecular flexibility index (Phi) is 4.52. The monoisotopic (exact) mass is 311 g/mol. The molecule has 23 heavy (non-hydrogen) atoms. The molecule has 3 aromatic rings. The van der Waals surface area contributed by atoms with Crippen LogP contribution < -0.4 is 10.7 Å². The zero-order valence-corrected chi connectivity index (χ0v) is 12.6. The molecule has 0 aliphatic carbocycles. The van der Waals surface area contributed by atoms with Crippen LogP contribution in [0.3, 0.4) is 0 Å². The van der Waals surface area contributed by atoms with Gasteiger partial charge < -0.3 is 9.73 Å². The van der Waals surface area contributed by atoms with Gasteiger partial charge in [-0.2, -0.15) is 5.10 Å². The van der Waals surface area contributed by atoms with Gasteiger partial charge in [0.15, 0.2) is 0 Å². The number of carbonyl (C=O) groups is 1. The molecule has 2 heterocycles. The second kappa shape index (κ2) is 6.91. The molecule has 0 saturated heterocycles. The molecule has 0 unspecified atom stereocenters. The van der Waals surface area contributed by atoms with E-state index in [0.717, 1.165) is 11.3 Å². The van der Waals surface area contributed by atoms with Crippen LogP contribution in [0.15, 0.2) is 58.1 Å². The third-order valence-electron chi connectivity index (χ3n) is 3.59. The molecule has 1 amide bonds. The highest BCUT2D eigenvalue weighted by molar-refractivity contribution is 5.79. The van der Waals surface area contributed by atoms with Crippen LogP contribution in [0.4, 0.5) is 0 Å². The summed E-state index contributed by atoms with van der Waals surface area (Å²) in [6, 6.07) is 11.0. The van der Waals surface area contributed by atoms with Crippen LogP contribution in [0.25, 0.3) is 10.9 Å². The third kappa shape index (κ3) is 3.66. The van der Waals surface area contributed by atoms with Crippen LogP contribution in [0.2, 0.25) is 0 Å². The molecule has 0 aliphatic rings. The van der Waals surface area contributed by atoms with Gasteiger partial charge >= 0.3 is 0 Å². The maximum Gasteiger partial charge on any atom is 0.221 e. The number of nitrogens with one attached hydrogen (secondary N) is 1. The predicted octanol–water partition coefficient (Wildman–Crippen LogP) is 1.74. The van der Waals surface area contributed by atoms with Gasteiger partial charge in [0.1, 0.15) is 5.76 Å². The van der Waals surface area contributed by atoms with Crippen molar-refractivity contribution in [3.63, 3.8) is 0 Å². The Morgan fingerprint density at radius 2 is 2.09 bits per heavy atom. The number of nitrogens with zero attached hydrogens (tertiary/aromatic N) is 2. The first-order chi connectivity index (χ1) is 11.2. The van der Waals surface area contributed by atoms with Gasteiger partial charge in [0, 0.05) is 24.8 Å². The number of hydrogen-bond donors (Lipinski definition) is 1. The normalized spacial score (nSPS) is 10.8. The highest BCUT2D eigenvalue weighted by Gasteiger charge is 2.06. The fourth-order valence-corrected chi connectivity index (χ4v) is 2.41. The predicted molar refractivity (Wildman–Crippen MR) is 86.0 cm³/mol. The first-order valence-corrected chi connectivity index (χ1v) is 7.48. The summed E-state index contributed by atoms with van der Waals surface area (Å²) >= 11 is 0. The van der Waals surface area contributed by atoms with E-state index in [-0.39, 0.29) is 11.3 Å². The Morgan fingerprint density at radius 3 is 2.91 bits per heavy atom. The van der Waals surface area contributed by atoms with Crippen LogP contribution in [-0.4, -0.2) is 22.2 Å². The summed E-state index contributed by atoms with van der Waals surface area (Å²) in [6.45, 7) is 0.956. The third-order valence-corrected chi connectivity index (χ3v) is 3.59. The molecule has 0 bridgehead atoms. The lowest BCUT2D eigenvalue weighted by Gasteiger charge is -2.09. The fraction of sp³-hybridized carbons (Fsp3) is 0.235. The van der Waals surface area contributed by atoms with E-state index in [9.17, 15) is 9.59 Å². The van der Waals surface area contributed by atoms with Crippen molar-refractivity contribution < 1.29 is 9.21 Å². The van der Waals surface area contributed by atoms with Crippen molar-refractivity contribution in [2.75, 3.05) is 6.54 Å². The summed E-state index contributed by atoms with van der Waals surface area (Å²) in [6.07, 6.45) is 3.87. The first kappa shape index (κ1) is 15.0. The molecule has 0 atom stereocenters. The highest BCUT2D eigenvalue weighted by atomic mass is 16.3. The Morgan fingerprint density at radius 1 is 1.22 bits per heavy atom. The van der Waals surface area contributed by atoms with Crippen LogP contribution >= 0.6 is 0 Å². The van der Waals surface area contributed by atoms with Gasteiger partial charge in [0.05, 0.1) is 24.5 Å². The molecule has 3 rings (SSSR count). The molecule has 0 aliphatic heterocycles. The van der Waals surface area contributed by atoms with Crippen LogP contribution in [0, 0.1) is 0 Å². The highest BCUT2D eigenvalue weighted by Crippen LogP contribution is 2.08. The summed E-state index contributed by atoms with van der Waals surface area (Å²) in [5.74, 6) is 0.791. The summed E-state index contributed by atoms with van der Waals surface area (Å²) in [7, 11) is 0. The summed E-state index contributed by atoms with van der Waals surface area (Å²) < 4.78 is 6.89. The van der Waals surface area contributed by atoms with Gasteiger partial charge in [-0.05, 0) is 24.3 Å². The maximum absolute atomic E-state index is 11.9. The van der Waals surface area contributed by atoms with Crippen molar-refractivity contribution >= 4 is 16.8 Å². The van der Waals surface area contributed by atoms with Gasteiger partial charge in [-0.25, -0.2) is 0 Å². The van der Waals surface area contributed by atoms with E-state index in [1.165, 1.54) is 6.20 Å². The molecular formula is C17H17N3O3. The van der Waals surface area contributed by atoms with Crippen molar-refractivity contribution in [1.82, 2.24) is 15.1 Å². The molecule has 1 N–H and O–H groups in total. The molecule has 0 radical (unpaired) electrons. The van der Waals surface area contributed by atoms with Crippen molar-refractivity contribution in [3.05, 3.63) is 64.8 Å². The number of para-hydroxylation sites is 1. The zero-order chi connectivity index (χ0) is 16.1. The molecule has 2 aromatic heterocycles. The molecule has 6 heteroatoms. The lowest BCUT2D eigenvalue weighted by atomic mass is 10.2. The van der Waals surface area contributed by atoms with Gasteiger partial charge in [-0.3, -0.25) is 14.3 Å². The van der Waals surface area contributed by atoms with Gasteiger partial charge in [0.25, 0.3) is 0 Å². The van der Waals surface area contributed by atoms with E-state index in [2.05, 4.69) is 10.4 Å². The molecule has 0 saturated carbocycles. The van der Waals surface area contributed by atoms with Crippen LogP contribution in [0.1, 0.15) is 12.2 Å². The van der Waals surface area contributed by atoms with Crippen molar-refractivity contribution in [1.29, 1.82) is 0 Å². The van der Waals surface area contributed by atoms with Gasteiger partial charge in [0.2, 0.25) is 11.3 Å². The lowest BCUT2D eigenvalue weighted by Crippen LogP contribution is -2.27. The number of fused-ring (bicyclic) bond motifs is 1. The first-order valence-electron chi connectivity index (χ1n) is 7.48. The van der Waals surface area contributed by atoms with E-state index in [1.54, 1.807) is 17.0 Å². The minimum absolute atomic E-state index is 0.0545. The van der Waals surface area contributed by atoms with Gasteiger partial charge in [-0.15, -0.1) is 0 Å². The zero-order valence-electron chi connectivity index (χ0n) is 12.6. The number of furan rings is 1. The smallest absolute Gasteiger partial charge is 0.221 e. The Hall–Kier alpha value is -2.89. The topological polar surface area (TPSA) is 77.1 Å². The Balaban J connectivity index is 1.57. The second-order valence-corrected chi connectivity index (χ2v) is 5.18. The fourth-order valence-electron chi connectivity index (χ4n) is 2.41. The standard InChI is InChI=1S/C17H17N3O3/c21-16-12-19-20(15-6-2-1-5-14(15)16)10-8-17(22)18-9-7-13-4-3-11-23-13/h1-6,11-12H,7-10H2,(H,18,22). The van der Waals surface area contributed by atoms with Crippen molar-refractivity contribution in [2.45, 2.75) is 19.4 Å². The van der Waals surface area contributed by atoms with Crippen LogP contribution in [0.5, 0.6) is 0 Å². The van der Waals surface area contributed by atoms with Crippen molar-refractivity contribution in [2.24, 2.45) is 0 Å². The summed E-state index contributed by atoms with van der Waals surface area (Å²) in [5.41, 5.74) is 0.628. The molecule has 1 aromatic carbocycles. The van der Waals surface area contributed by atoms with E-state index in [1.807, 2.05) is 30.3 Å². The Bertz CT molecular complexity index is 853. The number of hydrogen-bond acceptors (Lipinski definition) is 4. The number of rotatable bonds is 6. The molecule has 118 valence electrons. The molecule has 0 spiro atoms. The van der Waals surface area contributed by atoms with E-state index in [4.69, 9.17) is 4.42 Å². The van der Waals surface area contributed by atoms with Gasteiger partial charge in [-0.1, -0.05) is 12.1 Å². The Labute approximate surface area is 132 Å². The minimum atomic E-state index is -0.111. The average Bonchev–Trinajstić information content (AvgIpc) is 3.08. The number of amides is 1. The quantitative estimate of drug-likeness (QED) is 0.752. The lowest BCUT2D eigenvalue weighted by molar-refractivity contribution is -0.121. The average molecular weight is 311 g/mol. The minimum Gasteiger partial charge on any atom is -0.469 e. The number of aryl methyl sites for hydroxylation is 1. The van der Waals surface area contributed by atoms with Crippen molar-refractivity contribution in [3.8, 4) is 0 Å². The number of benzene rings is 1. The molecule has 0 fully saturated rings.